The van der Waals surface area contributed by atoms with Gasteiger partial charge in [0.25, 0.3) is 0 Å². The summed E-state index contributed by atoms with van der Waals surface area (Å²) in [6, 6.07) is 0. The predicted molar refractivity (Wildman–Crippen MR) is 62.9 cm³/mol. The van der Waals surface area contributed by atoms with Crippen LogP contribution in [0.25, 0.3) is 0 Å². The van der Waals surface area contributed by atoms with E-state index in [0.29, 0.717) is 6.61 Å². The van der Waals surface area contributed by atoms with Crippen LogP contribution in [0.4, 0.5) is 0 Å². The second-order valence-electron chi connectivity index (χ2n) is 3.88. The van der Waals surface area contributed by atoms with Gasteiger partial charge in [-0.1, -0.05) is 0 Å². The third kappa shape index (κ3) is 2.96. The van der Waals surface area contributed by atoms with Crippen LogP contribution in [0.15, 0.2) is 0 Å². The third-order valence-electron chi connectivity index (χ3n) is 2.51. The zero-order valence-electron chi connectivity index (χ0n) is 10.7. The van der Waals surface area contributed by atoms with E-state index in [2.05, 4.69) is 10.4 Å². The Morgan fingerprint density at radius 2 is 2.12 bits per heavy atom. The van der Waals surface area contributed by atoms with Gasteiger partial charge in [-0.15, -0.1) is 0 Å². The Hall–Kier alpha value is -1.07. The minimum atomic E-state index is 0.0107. The van der Waals surface area contributed by atoms with Crippen molar-refractivity contribution in [3.8, 4) is 5.75 Å². The van der Waals surface area contributed by atoms with Gasteiger partial charge in [0, 0.05) is 20.7 Å². The molecule has 5 heteroatoms. The van der Waals surface area contributed by atoms with Gasteiger partial charge in [0.05, 0.1) is 12.3 Å². The Morgan fingerprint density at radius 1 is 1.44 bits per heavy atom. The van der Waals surface area contributed by atoms with E-state index < -0.39 is 0 Å². The second kappa shape index (κ2) is 5.86. The second-order valence-corrected chi connectivity index (χ2v) is 3.88. The highest BCUT2D eigenvalue weighted by Crippen LogP contribution is 2.22. The zero-order valence-corrected chi connectivity index (χ0v) is 10.7. The minimum absolute atomic E-state index is 0.0107. The van der Waals surface area contributed by atoms with E-state index in [-0.39, 0.29) is 6.10 Å². The molecule has 1 heterocycles. The smallest absolute Gasteiger partial charge is 0.163 e. The van der Waals surface area contributed by atoms with Gasteiger partial charge in [0.15, 0.2) is 5.75 Å². The number of hydrogen-bond acceptors (Lipinski definition) is 4. The number of rotatable bonds is 6. The van der Waals surface area contributed by atoms with Crippen LogP contribution < -0.4 is 10.1 Å². The van der Waals surface area contributed by atoms with Crippen LogP contribution in [0.1, 0.15) is 11.4 Å². The molecule has 1 atom stereocenters. The summed E-state index contributed by atoms with van der Waals surface area (Å²) in [6.45, 7) is 5.26. The standard InChI is InChI=1S/C11H21N3O2/c1-8-11(9(2)14(4)13-8)16-10(6-12-3)7-15-5/h10,12H,6-7H2,1-5H3. The highest BCUT2D eigenvalue weighted by atomic mass is 16.5. The van der Waals surface area contributed by atoms with Crippen molar-refractivity contribution < 1.29 is 9.47 Å². The molecule has 0 amide bonds. The Kier molecular flexibility index (Phi) is 4.76. The van der Waals surface area contributed by atoms with Crippen LogP contribution in [-0.4, -0.2) is 43.2 Å². The topological polar surface area (TPSA) is 48.3 Å². The normalized spacial score (nSPS) is 12.8. The van der Waals surface area contributed by atoms with Crippen LogP contribution in [0.3, 0.4) is 0 Å². The molecule has 1 N–H and O–H groups in total. The highest BCUT2D eigenvalue weighted by molar-refractivity contribution is 5.32. The van der Waals surface area contributed by atoms with Crippen LogP contribution in [0, 0.1) is 13.8 Å². The molecule has 1 rings (SSSR count). The molecule has 0 fully saturated rings. The molecule has 1 unspecified atom stereocenters. The first-order valence-corrected chi connectivity index (χ1v) is 5.40. The summed E-state index contributed by atoms with van der Waals surface area (Å²) in [7, 11) is 5.49. The summed E-state index contributed by atoms with van der Waals surface area (Å²) in [4.78, 5) is 0. The van der Waals surface area contributed by atoms with E-state index in [4.69, 9.17) is 9.47 Å². The highest BCUT2D eigenvalue weighted by Gasteiger charge is 2.16. The maximum atomic E-state index is 5.91. The molecule has 0 aliphatic rings. The van der Waals surface area contributed by atoms with E-state index >= 15 is 0 Å². The summed E-state index contributed by atoms with van der Waals surface area (Å²) in [5.41, 5.74) is 1.95. The number of aryl methyl sites for hydroxylation is 2. The van der Waals surface area contributed by atoms with Crippen LogP contribution in [-0.2, 0) is 11.8 Å². The van der Waals surface area contributed by atoms with E-state index in [1.807, 2.05) is 32.6 Å². The van der Waals surface area contributed by atoms with E-state index in [0.717, 1.165) is 23.7 Å². The summed E-state index contributed by atoms with van der Waals surface area (Å²) < 4.78 is 12.9. The molecule has 1 aromatic rings. The van der Waals surface area contributed by atoms with Gasteiger partial charge in [-0.25, -0.2) is 0 Å². The van der Waals surface area contributed by atoms with Crippen molar-refractivity contribution >= 4 is 0 Å². The lowest BCUT2D eigenvalue weighted by Crippen LogP contribution is -2.33. The molecule has 1 aromatic heterocycles. The summed E-state index contributed by atoms with van der Waals surface area (Å²) in [5.74, 6) is 0.861. The number of nitrogens with one attached hydrogen (secondary N) is 1. The van der Waals surface area contributed by atoms with Gasteiger partial charge in [0.1, 0.15) is 11.8 Å². The Morgan fingerprint density at radius 3 is 2.56 bits per heavy atom. The van der Waals surface area contributed by atoms with E-state index in [1.54, 1.807) is 7.11 Å². The number of aromatic nitrogens is 2. The minimum Gasteiger partial charge on any atom is -0.483 e. The van der Waals surface area contributed by atoms with Gasteiger partial charge >= 0.3 is 0 Å². The largest absolute Gasteiger partial charge is 0.483 e. The number of nitrogens with zero attached hydrogens (tertiary/aromatic N) is 2. The molecule has 0 bridgehead atoms. The Bertz CT molecular complexity index is 330. The van der Waals surface area contributed by atoms with Crippen molar-refractivity contribution in [2.24, 2.45) is 7.05 Å². The van der Waals surface area contributed by atoms with Gasteiger partial charge in [0.2, 0.25) is 0 Å². The molecule has 0 spiro atoms. The number of methoxy groups -OCH3 is 1. The zero-order chi connectivity index (χ0) is 12.1. The fourth-order valence-electron chi connectivity index (χ4n) is 1.64. The number of likely N-dealkylation sites (N-methyl/N-ethyl adjacent to an activating group) is 1. The molecule has 0 aromatic carbocycles. The van der Waals surface area contributed by atoms with Gasteiger partial charge in [-0.2, -0.15) is 5.10 Å². The van der Waals surface area contributed by atoms with Gasteiger partial charge in [-0.05, 0) is 20.9 Å². The average Bonchev–Trinajstić information content (AvgIpc) is 2.46. The number of ether oxygens (including phenoxy) is 2. The lowest BCUT2D eigenvalue weighted by atomic mass is 10.3. The van der Waals surface area contributed by atoms with Crippen molar-refractivity contribution in [1.82, 2.24) is 15.1 Å². The van der Waals surface area contributed by atoms with E-state index in [1.165, 1.54) is 0 Å². The molecule has 0 saturated heterocycles. The maximum Gasteiger partial charge on any atom is 0.163 e. The first-order valence-electron chi connectivity index (χ1n) is 5.40. The molecule has 0 radical (unpaired) electrons. The summed E-state index contributed by atoms with van der Waals surface area (Å²) in [5, 5.41) is 7.40. The quantitative estimate of drug-likeness (QED) is 0.775. The molecule has 16 heavy (non-hydrogen) atoms. The first kappa shape index (κ1) is 13.0. The lowest BCUT2D eigenvalue weighted by Gasteiger charge is -2.18. The molecular weight excluding hydrogens is 206 g/mol. The summed E-state index contributed by atoms with van der Waals surface area (Å²) in [6.07, 6.45) is 0.0107. The molecule has 92 valence electrons. The SMILES string of the molecule is CNCC(COC)Oc1c(C)nn(C)c1C. The fourth-order valence-corrected chi connectivity index (χ4v) is 1.64. The maximum absolute atomic E-state index is 5.91. The lowest BCUT2D eigenvalue weighted by molar-refractivity contribution is 0.0808. The van der Waals surface area contributed by atoms with Crippen LogP contribution in [0.2, 0.25) is 0 Å². The van der Waals surface area contributed by atoms with E-state index in [9.17, 15) is 0 Å². The molecule has 0 aliphatic heterocycles. The summed E-state index contributed by atoms with van der Waals surface area (Å²) >= 11 is 0. The molecule has 0 aliphatic carbocycles. The Balaban J connectivity index is 2.76. The first-order chi connectivity index (χ1) is 7.60. The van der Waals surface area contributed by atoms with Crippen molar-refractivity contribution in [2.75, 3.05) is 27.3 Å². The van der Waals surface area contributed by atoms with Crippen molar-refractivity contribution in [3.05, 3.63) is 11.4 Å². The van der Waals surface area contributed by atoms with Crippen LogP contribution >= 0.6 is 0 Å². The molecule has 5 nitrogen and oxygen atoms in total. The van der Waals surface area contributed by atoms with Crippen molar-refractivity contribution in [2.45, 2.75) is 20.0 Å². The van der Waals surface area contributed by atoms with Crippen molar-refractivity contribution in [3.63, 3.8) is 0 Å². The molecule has 0 saturated carbocycles. The fraction of sp³-hybridized carbons (Fsp3) is 0.727. The van der Waals surface area contributed by atoms with Crippen molar-refractivity contribution in [1.29, 1.82) is 0 Å². The van der Waals surface area contributed by atoms with Crippen LogP contribution in [0.5, 0.6) is 5.75 Å². The average molecular weight is 227 g/mol. The third-order valence-corrected chi connectivity index (χ3v) is 2.51. The van der Waals surface area contributed by atoms with Gasteiger partial charge < -0.3 is 14.8 Å². The van der Waals surface area contributed by atoms with Gasteiger partial charge in [-0.3, -0.25) is 4.68 Å². The molecular formula is C11H21N3O2. The number of hydrogen-bond donors (Lipinski definition) is 1. The predicted octanol–water partition coefficient (Wildman–Crippen LogP) is 0.650. The Labute approximate surface area is 96.7 Å². The monoisotopic (exact) mass is 227 g/mol.